The number of nitrogens with zero attached hydrogens (tertiary/aromatic N) is 1. The van der Waals surface area contributed by atoms with E-state index in [9.17, 15) is 19.5 Å². The number of ether oxygens (including phenoxy) is 3. The zero-order valence-corrected chi connectivity index (χ0v) is 42.6. The van der Waals surface area contributed by atoms with Gasteiger partial charge in [-0.2, -0.15) is 0 Å². The summed E-state index contributed by atoms with van der Waals surface area (Å²) in [6, 6.07) is -0.612. The predicted octanol–water partition coefficient (Wildman–Crippen LogP) is 15.8. The Morgan fingerprint density at radius 1 is 0.460 bits per heavy atom. The van der Waals surface area contributed by atoms with Gasteiger partial charge in [0.05, 0.1) is 34.4 Å². The summed E-state index contributed by atoms with van der Waals surface area (Å²) in [6.45, 7) is 4.78. The van der Waals surface area contributed by atoms with Gasteiger partial charge in [0.1, 0.15) is 6.61 Å². The Morgan fingerprint density at radius 3 is 1.14 bits per heavy atom. The zero-order valence-electron chi connectivity index (χ0n) is 42.6. The van der Waals surface area contributed by atoms with Crippen molar-refractivity contribution in [3.63, 3.8) is 0 Å². The van der Waals surface area contributed by atoms with Crippen molar-refractivity contribution in [2.45, 2.75) is 283 Å². The number of carbonyl (C=O) groups is 3. The van der Waals surface area contributed by atoms with Crippen molar-refractivity contribution in [3.8, 4) is 0 Å². The monoisotopic (exact) mass is 893 g/mol. The van der Waals surface area contributed by atoms with Crippen molar-refractivity contribution in [1.82, 2.24) is 0 Å². The highest BCUT2D eigenvalue weighted by atomic mass is 16.6. The van der Waals surface area contributed by atoms with E-state index >= 15 is 0 Å². The third-order valence-corrected chi connectivity index (χ3v) is 12.7. The Kier molecular flexibility index (Phi) is 45.2. The number of quaternary nitrogens is 1. The topological polar surface area (TPSA) is 99.1 Å². The van der Waals surface area contributed by atoms with Gasteiger partial charge in [0.15, 0.2) is 12.1 Å². The number of hydrogen-bond donors (Lipinski definition) is 1. The van der Waals surface area contributed by atoms with Crippen molar-refractivity contribution in [1.29, 1.82) is 0 Å². The average molecular weight is 893 g/mol. The van der Waals surface area contributed by atoms with Crippen LogP contribution in [0.3, 0.4) is 0 Å². The van der Waals surface area contributed by atoms with Crippen LogP contribution in [0.5, 0.6) is 0 Å². The van der Waals surface area contributed by atoms with Crippen LogP contribution in [0.2, 0.25) is 0 Å². The van der Waals surface area contributed by atoms with Crippen LogP contribution in [0.4, 0.5) is 0 Å². The molecule has 1 N–H and O–H groups in total. The van der Waals surface area contributed by atoms with E-state index in [1.54, 1.807) is 0 Å². The highest BCUT2D eigenvalue weighted by Gasteiger charge is 2.31. The fraction of sp³-hybridized carbons (Fsp3) is 0.909. The summed E-state index contributed by atoms with van der Waals surface area (Å²) in [4.78, 5) is 37.2. The molecule has 8 heteroatoms. The Hall–Kier alpha value is -1.93. The molecule has 8 nitrogen and oxygen atoms in total. The number of likely N-dealkylation sites (N-methyl/N-ethyl adjacent to an activating group) is 1. The maximum Gasteiger partial charge on any atom is 0.362 e. The van der Waals surface area contributed by atoms with Gasteiger partial charge >= 0.3 is 17.9 Å². The van der Waals surface area contributed by atoms with Crippen LogP contribution >= 0.6 is 0 Å². The van der Waals surface area contributed by atoms with Crippen molar-refractivity contribution in [3.05, 3.63) is 12.2 Å². The molecule has 0 spiro atoms. The van der Waals surface area contributed by atoms with Gasteiger partial charge in [0.2, 0.25) is 0 Å². The quantitative estimate of drug-likeness (QED) is 0.0281. The molecular weight excluding hydrogens is 787 g/mol. The SMILES string of the molecule is CCCCCCCCC/C=C/CCCCCCCC(=O)OCC(COCCC(C(=O)O)[N+](C)(C)C)OC(=O)CCCCCCCCCCCCCCCCCCCCCCCCC. The molecule has 0 fully saturated rings. The Balaban J connectivity index is 4.15. The molecule has 63 heavy (non-hydrogen) atoms. The van der Waals surface area contributed by atoms with Crippen LogP contribution < -0.4 is 0 Å². The van der Waals surface area contributed by atoms with Crippen molar-refractivity contribution < 1.29 is 38.2 Å². The number of aliphatic carboxylic acids is 1. The van der Waals surface area contributed by atoms with Crippen LogP contribution in [-0.4, -0.2) is 80.6 Å². The second kappa shape index (κ2) is 46.6. The van der Waals surface area contributed by atoms with E-state index in [2.05, 4.69) is 26.0 Å². The highest BCUT2D eigenvalue weighted by Crippen LogP contribution is 2.17. The molecule has 0 saturated heterocycles. The lowest BCUT2D eigenvalue weighted by molar-refractivity contribution is -0.887. The molecule has 0 heterocycles. The van der Waals surface area contributed by atoms with Crippen LogP contribution in [0.25, 0.3) is 0 Å². The Bertz CT molecular complexity index is 1040. The minimum atomic E-state index is -0.871. The molecule has 0 radical (unpaired) electrons. The third-order valence-electron chi connectivity index (χ3n) is 12.7. The molecule has 0 aromatic carbocycles. The van der Waals surface area contributed by atoms with E-state index in [1.807, 2.05) is 21.1 Å². The largest absolute Gasteiger partial charge is 0.477 e. The first-order chi connectivity index (χ1) is 30.6. The smallest absolute Gasteiger partial charge is 0.362 e. The molecular formula is C55H106NO7+. The number of unbranched alkanes of at least 4 members (excludes halogenated alkanes) is 34. The number of allylic oxidation sites excluding steroid dienone is 2. The van der Waals surface area contributed by atoms with E-state index in [0.717, 1.165) is 44.9 Å². The van der Waals surface area contributed by atoms with Crippen LogP contribution in [0.15, 0.2) is 12.2 Å². The maximum absolute atomic E-state index is 12.8. The summed E-state index contributed by atoms with van der Waals surface area (Å²) in [5, 5.41) is 9.66. The minimum Gasteiger partial charge on any atom is -0.477 e. The number of esters is 2. The van der Waals surface area contributed by atoms with Gasteiger partial charge in [-0.25, -0.2) is 4.79 Å². The summed E-state index contributed by atoms with van der Waals surface area (Å²) in [6.07, 6.45) is 52.7. The first kappa shape index (κ1) is 61.1. The second-order valence-corrected chi connectivity index (χ2v) is 19.8. The number of carboxylic acids is 1. The predicted molar refractivity (Wildman–Crippen MR) is 266 cm³/mol. The van der Waals surface area contributed by atoms with Gasteiger partial charge < -0.3 is 23.8 Å². The summed E-state index contributed by atoms with van der Waals surface area (Å²) >= 11 is 0. The van der Waals surface area contributed by atoms with E-state index < -0.39 is 18.1 Å². The summed E-state index contributed by atoms with van der Waals surface area (Å²) in [5.41, 5.74) is 0. The van der Waals surface area contributed by atoms with Crippen molar-refractivity contribution in [2.75, 3.05) is 41.0 Å². The number of carbonyl (C=O) groups excluding carboxylic acids is 2. The summed E-state index contributed by atoms with van der Waals surface area (Å²) < 4.78 is 17.4. The van der Waals surface area contributed by atoms with Gasteiger partial charge in [-0.15, -0.1) is 0 Å². The fourth-order valence-corrected chi connectivity index (χ4v) is 8.44. The lowest BCUT2D eigenvalue weighted by atomic mass is 10.0. The lowest BCUT2D eigenvalue weighted by Crippen LogP contribution is -2.50. The standard InChI is InChI=1S/C55H105NO7/c1-6-8-10-12-14-16-18-20-22-24-25-26-27-28-29-30-32-34-36-38-40-42-44-46-54(58)63-51(49-61-48-47-52(55(59)60)56(3,4)5)50-62-53(57)45-43-41-39-37-35-33-31-23-21-19-17-15-13-11-9-7-2/h23,31,51-52H,6-22,24-30,32-50H2,1-5H3/p+1/b31-23+. The number of hydrogen-bond acceptors (Lipinski definition) is 6. The third kappa shape index (κ3) is 45.0. The summed E-state index contributed by atoms with van der Waals surface area (Å²) in [5.74, 6) is -1.45. The number of rotatable bonds is 50. The van der Waals surface area contributed by atoms with Crippen LogP contribution in [0, 0.1) is 0 Å². The van der Waals surface area contributed by atoms with E-state index in [0.29, 0.717) is 19.3 Å². The zero-order chi connectivity index (χ0) is 46.3. The van der Waals surface area contributed by atoms with Gasteiger partial charge in [0, 0.05) is 19.3 Å². The molecule has 0 aliphatic rings. The van der Waals surface area contributed by atoms with Gasteiger partial charge in [0.25, 0.3) is 0 Å². The summed E-state index contributed by atoms with van der Waals surface area (Å²) in [7, 11) is 5.55. The molecule has 0 aliphatic carbocycles. The first-order valence-electron chi connectivity index (χ1n) is 27.2. The highest BCUT2D eigenvalue weighted by molar-refractivity contribution is 5.72. The second-order valence-electron chi connectivity index (χ2n) is 19.8. The van der Waals surface area contributed by atoms with Crippen molar-refractivity contribution in [2.24, 2.45) is 0 Å². The molecule has 0 rings (SSSR count). The normalized spacial score (nSPS) is 12.8. The average Bonchev–Trinajstić information content (AvgIpc) is 3.24. The van der Waals surface area contributed by atoms with E-state index in [4.69, 9.17) is 14.2 Å². The minimum absolute atomic E-state index is 0.0488. The number of carboxylic acid groups (broad SMARTS) is 1. The van der Waals surface area contributed by atoms with E-state index in [1.165, 1.54) is 193 Å². The molecule has 0 amide bonds. The van der Waals surface area contributed by atoms with Crippen molar-refractivity contribution >= 4 is 17.9 Å². The van der Waals surface area contributed by atoms with E-state index in [-0.39, 0.29) is 36.2 Å². The fourth-order valence-electron chi connectivity index (χ4n) is 8.44. The van der Waals surface area contributed by atoms with Gasteiger partial charge in [-0.05, 0) is 38.5 Å². The van der Waals surface area contributed by atoms with Crippen LogP contribution in [0.1, 0.15) is 271 Å². The molecule has 0 aliphatic heterocycles. The molecule has 0 saturated carbocycles. The molecule has 0 aromatic rings. The molecule has 2 atom stereocenters. The molecule has 0 aromatic heterocycles. The first-order valence-corrected chi connectivity index (χ1v) is 27.2. The lowest BCUT2D eigenvalue weighted by Gasteiger charge is -2.31. The molecule has 0 bridgehead atoms. The van der Waals surface area contributed by atoms with Gasteiger partial charge in [-0.1, -0.05) is 225 Å². The van der Waals surface area contributed by atoms with Gasteiger partial charge in [-0.3, -0.25) is 9.59 Å². The maximum atomic E-state index is 12.8. The molecule has 372 valence electrons. The Morgan fingerprint density at radius 2 is 0.794 bits per heavy atom. The Labute approximate surface area is 390 Å². The van der Waals surface area contributed by atoms with Crippen LogP contribution in [-0.2, 0) is 28.6 Å². The molecule has 2 unspecified atom stereocenters.